The summed E-state index contributed by atoms with van der Waals surface area (Å²) >= 11 is 0. The molecule has 6 heteroatoms. The van der Waals surface area contributed by atoms with Crippen LogP contribution in [0.15, 0.2) is 23.8 Å². The number of ether oxygens (including phenoxy) is 1. The lowest BCUT2D eigenvalue weighted by Gasteiger charge is -2.61. The Bertz CT molecular complexity index is 833. The van der Waals surface area contributed by atoms with E-state index in [4.69, 9.17) is 4.74 Å². The van der Waals surface area contributed by atoms with Crippen molar-refractivity contribution in [1.82, 2.24) is 0 Å². The van der Waals surface area contributed by atoms with Crippen LogP contribution in [0.4, 0.5) is 4.39 Å². The second-order valence-electron chi connectivity index (χ2n) is 10.5. The van der Waals surface area contributed by atoms with Crippen LogP contribution in [0, 0.1) is 22.7 Å². The van der Waals surface area contributed by atoms with Crippen LogP contribution in [0.25, 0.3) is 0 Å². The Labute approximate surface area is 177 Å². The summed E-state index contributed by atoms with van der Waals surface area (Å²) in [5.41, 5.74) is -4.68. The van der Waals surface area contributed by atoms with E-state index in [1.165, 1.54) is 6.08 Å². The number of Topliss-reactive ketones (excluding diaryl/α,β-unsaturated/α-hetero) is 1. The van der Waals surface area contributed by atoms with Gasteiger partial charge in [-0.3, -0.25) is 9.59 Å². The third-order valence-corrected chi connectivity index (χ3v) is 8.76. The Hall–Kier alpha value is -1.37. The lowest BCUT2D eigenvalue weighted by molar-refractivity contribution is -0.214. The highest BCUT2D eigenvalue weighted by Crippen LogP contribution is 2.70. The number of ketones is 2. The van der Waals surface area contributed by atoms with E-state index in [0.717, 1.165) is 5.57 Å². The summed E-state index contributed by atoms with van der Waals surface area (Å²) in [4.78, 5) is 24.9. The van der Waals surface area contributed by atoms with Crippen LogP contribution in [0.5, 0.6) is 0 Å². The van der Waals surface area contributed by atoms with Crippen LogP contribution >= 0.6 is 0 Å². The Morgan fingerprint density at radius 3 is 2.70 bits per heavy atom. The van der Waals surface area contributed by atoms with Gasteiger partial charge in [0.25, 0.3) is 0 Å². The standard InChI is InChI=1S/C24H33FO5/c1-14(2)30-13-19(28)24(29)10-9-23(25)17-6-5-15-11-16(26)7-8-21(15,3)20(17)18(27)12-22(23,24)4/h7-8,11,14,17-18,20,27,29H,5-6,9-10,12-13H2,1-4H3/t17-,18+,20-,21+,22+,23-,24+/m1/s1. The van der Waals surface area contributed by atoms with Gasteiger partial charge in [0.1, 0.15) is 17.9 Å². The number of carbonyl (C=O) groups excluding carboxylic acids is 2. The van der Waals surface area contributed by atoms with E-state index in [9.17, 15) is 19.8 Å². The van der Waals surface area contributed by atoms with E-state index in [-0.39, 0.29) is 37.8 Å². The van der Waals surface area contributed by atoms with Crippen LogP contribution in [-0.4, -0.2) is 51.9 Å². The van der Waals surface area contributed by atoms with Gasteiger partial charge in [-0.25, -0.2) is 4.39 Å². The van der Waals surface area contributed by atoms with Gasteiger partial charge in [-0.1, -0.05) is 25.5 Å². The fourth-order valence-electron chi connectivity index (χ4n) is 7.04. The van der Waals surface area contributed by atoms with Gasteiger partial charge >= 0.3 is 0 Å². The number of aliphatic hydroxyl groups is 2. The minimum atomic E-state index is -1.86. The summed E-state index contributed by atoms with van der Waals surface area (Å²) in [5.74, 6) is -1.48. The van der Waals surface area contributed by atoms with E-state index in [2.05, 4.69) is 0 Å². The van der Waals surface area contributed by atoms with E-state index in [1.807, 2.05) is 13.0 Å². The molecule has 0 aromatic rings. The molecule has 0 radical (unpaired) electrons. The van der Waals surface area contributed by atoms with E-state index in [1.54, 1.807) is 26.8 Å². The normalized spacial score (nSPS) is 47.5. The number of halogens is 1. The summed E-state index contributed by atoms with van der Waals surface area (Å²) in [7, 11) is 0. The number of carbonyl (C=O) groups is 2. The number of hydrogen-bond donors (Lipinski definition) is 2. The van der Waals surface area contributed by atoms with Gasteiger partial charge in [0, 0.05) is 22.7 Å². The minimum absolute atomic E-state index is 0.000752. The molecule has 3 saturated carbocycles. The van der Waals surface area contributed by atoms with Gasteiger partial charge in [0.2, 0.25) is 0 Å². The van der Waals surface area contributed by atoms with Gasteiger partial charge < -0.3 is 14.9 Å². The Kier molecular flexibility index (Phi) is 4.96. The molecule has 0 aromatic carbocycles. The molecule has 5 nitrogen and oxygen atoms in total. The molecule has 7 atom stereocenters. The van der Waals surface area contributed by atoms with Crippen LogP contribution in [0.1, 0.15) is 59.8 Å². The number of aliphatic hydroxyl groups excluding tert-OH is 1. The molecular formula is C24H33FO5. The number of hydrogen-bond acceptors (Lipinski definition) is 5. The van der Waals surface area contributed by atoms with Gasteiger partial charge in [0.05, 0.1) is 12.2 Å². The monoisotopic (exact) mass is 420 g/mol. The third-order valence-electron chi connectivity index (χ3n) is 8.76. The summed E-state index contributed by atoms with van der Waals surface area (Å²) < 4.78 is 22.4. The fraction of sp³-hybridized carbons (Fsp3) is 0.750. The van der Waals surface area contributed by atoms with Crippen LogP contribution in [-0.2, 0) is 14.3 Å². The van der Waals surface area contributed by atoms with Gasteiger partial charge in [0.15, 0.2) is 11.6 Å². The zero-order valence-corrected chi connectivity index (χ0v) is 18.3. The maximum Gasteiger partial charge on any atom is 0.190 e. The molecule has 166 valence electrons. The second-order valence-corrected chi connectivity index (χ2v) is 10.5. The molecule has 4 aliphatic rings. The third kappa shape index (κ3) is 2.69. The van der Waals surface area contributed by atoms with Crippen molar-refractivity contribution in [2.75, 3.05) is 6.61 Å². The summed E-state index contributed by atoms with van der Waals surface area (Å²) in [5, 5.41) is 22.7. The number of fused-ring (bicyclic) bond motifs is 5. The topological polar surface area (TPSA) is 83.8 Å². The number of allylic oxidation sites excluding steroid dienone is 4. The van der Waals surface area contributed by atoms with Crippen molar-refractivity contribution in [2.24, 2.45) is 22.7 Å². The molecular weight excluding hydrogens is 387 g/mol. The number of alkyl halides is 1. The maximum absolute atomic E-state index is 16.9. The first-order valence-electron chi connectivity index (χ1n) is 11.1. The highest BCUT2D eigenvalue weighted by molar-refractivity contribution is 6.01. The molecule has 2 N–H and O–H groups in total. The fourth-order valence-corrected chi connectivity index (χ4v) is 7.04. The molecule has 0 aromatic heterocycles. The first kappa shape index (κ1) is 21.8. The Balaban J connectivity index is 1.72. The Morgan fingerprint density at radius 1 is 1.33 bits per heavy atom. The minimum Gasteiger partial charge on any atom is -0.393 e. The molecule has 0 bridgehead atoms. The predicted octanol–water partition coefficient (Wildman–Crippen LogP) is 3.08. The molecule has 4 aliphatic carbocycles. The van der Waals surface area contributed by atoms with Crippen LogP contribution < -0.4 is 0 Å². The van der Waals surface area contributed by atoms with Crippen molar-refractivity contribution < 1.29 is 28.9 Å². The SMILES string of the molecule is CC(C)OCC(=O)[C@@]1(O)CC[C@@]2(F)[C@@H]3CCC4=CC(=O)C=C[C@]4(C)[C@H]3[C@@H](O)C[C@@]21C. The second kappa shape index (κ2) is 6.81. The molecule has 0 aliphatic heterocycles. The maximum atomic E-state index is 16.9. The smallest absolute Gasteiger partial charge is 0.190 e. The van der Waals surface area contributed by atoms with E-state index in [0.29, 0.717) is 12.8 Å². The first-order valence-corrected chi connectivity index (χ1v) is 11.1. The summed E-state index contributed by atoms with van der Waals surface area (Å²) in [6.07, 6.45) is 5.07. The Morgan fingerprint density at radius 2 is 2.03 bits per heavy atom. The van der Waals surface area contributed by atoms with Crippen molar-refractivity contribution in [3.63, 3.8) is 0 Å². The van der Waals surface area contributed by atoms with Crippen molar-refractivity contribution in [1.29, 1.82) is 0 Å². The predicted molar refractivity (Wildman–Crippen MR) is 109 cm³/mol. The number of rotatable bonds is 4. The van der Waals surface area contributed by atoms with Gasteiger partial charge in [-0.2, -0.15) is 0 Å². The van der Waals surface area contributed by atoms with E-state index < -0.39 is 45.8 Å². The molecule has 30 heavy (non-hydrogen) atoms. The van der Waals surface area contributed by atoms with Gasteiger partial charge in [-0.05, 0) is 58.1 Å². The lowest BCUT2D eigenvalue weighted by Crippen LogP contribution is -2.67. The van der Waals surface area contributed by atoms with Crippen molar-refractivity contribution >= 4 is 11.6 Å². The first-order chi connectivity index (χ1) is 13.9. The van der Waals surface area contributed by atoms with Crippen LogP contribution in [0.2, 0.25) is 0 Å². The molecule has 0 saturated heterocycles. The molecule has 0 heterocycles. The van der Waals surface area contributed by atoms with E-state index >= 15 is 4.39 Å². The lowest BCUT2D eigenvalue weighted by atomic mass is 9.45. The van der Waals surface area contributed by atoms with Crippen molar-refractivity contribution in [2.45, 2.75) is 83.3 Å². The molecule has 0 amide bonds. The average Bonchev–Trinajstić information content (AvgIpc) is 2.88. The average molecular weight is 421 g/mol. The van der Waals surface area contributed by atoms with Gasteiger partial charge in [-0.15, -0.1) is 0 Å². The van der Waals surface area contributed by atoms with Crippen molar-refractivity contribution in [3.05, 3.63) is 23.8 Å². The largest absolute Gasteiger partial charge is 0.393 e. The van der Waals surface area contributed by atoms with Crippen molar-refractivity contribution in [3.8, 4) is 0 Å². The highest BCUT2D eigenvalue weighted by atomic mass is 19.1. The molecule has 3 fully saturated rings. The summed E-state index contributed by atoms with van der Waals surface area (Å²) in [6.45, 7) is 6.94. The highest BCUT2D eigenvalue weighted by Gasteiger charge is 2.75. The quantitative estimate of drug-likeness (QED) is 0.730. The van der Waals surface area contributed by atoms with Crippen LogP contribution in [0.3, 0.4) is 0 Å². The molecule has 0 spiro atoms. The molecule has 4 rings (SSSR count). The summed E-state index contributed by atoms with van der Waals surface area (Å²) in [6, 6.07) is 0. The zero-order valence-electron chi connectivity index (χ0n) is 18.3. The molecule has 0 unspecified atom stereocenters. The zero-order chi connectivity index (χ0) is 22.1.